The van der Waals surface area contributed by atoms with E-state index in [1.165, 1.54) is 51.4 Å². The van der Waals surface area contributed by atoms with Gasteiger partial charge in [0, 0.05) is 0 Å². The van der Waals surface area contributed by atoms with E-state index in [1.54, 1.807) is 0 Å². The lowest BCUT2D eigenvalue weighted by Crippen LogP contribution is -2.19. The van der Waals surface area contributed by atoms with Gasteiger partial charge in [-0.25, -0.2) is 0 Å². The molecule has 1 saturated carbocycles. The second-order valence-electron chi connectivity index (χ2n) is 5.90. The average Bonchev–Trinajstić information content (AvgIpc) is 2.12. The molecule has 15 heavy (non-hydrogen) atoms. The first kappa shape index (κ1) is 13.1. The maximum absolute atomic E-state index is 6.46. The van der Waals surface area contributed by atoms with Crippen molar-refractivity contribution in [2.75, 3.05) is 0 Å². The molecule has 0 heterocycles. The van der Waals surface area contributed by atoms with E-state index >= 15 is 0 Å². The third kappa shape index (κ3) is 4.21. The third-order valence-electron chi connectivity index (χ3n) is 4.19. The first-order chi connectivity index (χ1) is 7.07. The van der Waals surface area contributed by atoms with Crippen molar-refractivity contribution in [1.82, 2.24) is 0 Å². The zero-order valence-corrected chi connectivity index (χ0v) is 10.9. The molecule has 0 aromatic heterocycles. The summed E-state index contributed by atoms with van der Waals surface area (Å²) in [6.07, 6.45) is 10.5. The molecule has 1 aliphatic rings. The Morgan fingerprint density at radius 3 is 2.13 bits per heavy atom. The highest BCUT2D eigenvalue weighted by Crippen LogP contribution is 2.43. The first-order valence-electron chi connectivity index (χ1n) is 6.86. The molecule has 0 spiro atoms. The van der Waals surface area contributed by atoms with Crippen molar-refractivity contribution in [3.05, 3.63) is 0 Å². The molecule has 0 aromatic carbocycles. The van der Waals surface area contributed by atoms with E-state index in [0.717, 1.165) is 11.8 Å². The van der Waals surface area contributed by atoms with Crippen LogP contribution in [0.5, 0.6) is 0 Å². The molecule has 0 aliphatic heterocycles. The summed E-state index contributed by atoms with van der Waals surface area (Å²) in [6, 6.07) is 0. The highest BCUT2D eigenvalue weighted by Gasteiger charge is 2.26. The second kappa shape index (κ2) is 5.96. The lowest BCUT2D eigenvalue weighted by molar-refractivity contribution is 0.266. The quantitative estimate of drug-likeness (QED) is 0.585. The Morgan fingerprint density at radius 2 is 1.73 bits per heavy atom. The van der Waals surface area contributed by atoms with Crippen LogP contribution in [-0.4, -0.2) is 7.85 Å². The summed E-state index contributed by atoms with van der Waals surface area (Å²) in [5.74, 6) is 1.82. The first-order valence-corrected chi connectivity index (χ1v) is 6.86. The summed E-state index contributed by atoms with van der Waals surface area (Å²) < 4.78 is 0. The van der Waals surface area contributed by atoms with Gasteiger partial charge in [0.1, 0.15) is 0 Å². The fraction of sp³-hybridized carbons (Fsp3) is 1.00. The van der Waals surface area contributed by atoms with Crippen LogP contribution in [0.3, 0.4) is 0 Å². The Kier molecular flexibility index (Phi) is 5.22. The van der Waals surface area contributed by atoms with Gasteiger partial charge in [0.2, 0.25) is 0 Å². The zero-order valence-electron chi connectivity index (χ0n) is 10.9. The van der Waals surface area contributed by atoms with Crippen LogP contribution in [0, 0.1) is 11.8 Å². The Bertz CT molecular complexity index is 164. The lowest BCUT2D eigenvalue weighted by Gasteiger charge is -2.34. The summed E-state index contributed by atoms with van der Waals surface area (Å²) in [4.78, 5) is 0. The van der Waals surface area contributed by atoms with Crippen molar-refractivity contribution in [3.63, 3.8) is 0 Å². The van der Waals surface area contributed by atoms with E-state index in [-0.39, 0.29) is 5.31 Å². The minimum atomic E-state index is 0.177. The molecule has 0 atom stereocenters. The van der Waals surface area contributed by atoms with Gasteiger partial charge in [0.05, 0.1) is 7.85 Å². The van der Waals surface area contributed by atoms with E-state index in [1.807, 2.05) is 0 Å². The normalized spacial score (nSPS) is 33.7. The van der Waals surface area contributed by atoms with Gasteiger partial charge < -0.3 is 0 Å². The number of hydrogen-bond acceptors (Lipinski definition) is 0. The Hall–Kier alpha value is 0.0649. The van der Waals surface area contributed by atoms with Crippen LogP contribution in [0.25, 0.3) is 0 Å². The third-order valence-corrected chi connectivity index (χ3v) is 4.19. The van der Waals surface area contributed by atoms with Gasteiger partial charge in [0.25, 0.3) is 0 Å². The highest BCUT2D eigenvalue weighted by atomic mass is 14.3. The fourth-order valence-corrected chi connectivity index (χ4v) is 3.12. The monoisotopic (exact) mass is 206 g/mol. The van der Waals surface area contributed by atoms with Gasteiger partial charge in [0.15, 0.2) is 0 Å². The molecule has 1 fully saturated rings. The van der Waals surface area contributed by atoms with Crippen molar-refractivity contribution < 1.29 is 0 Å². The summed E-state index contributed by atoms with van der Waals surface area (Å²) in [5.41, 5.74) is 0. The van der Waals surface area contributed by atoms with Gasteiger partial charge in [-0.05, 0) is 11.8 Å². The van der Waals surface area contributed by atoms with Gasteiger partial charge in [-0.1, -0.05) is 77.5 Å². The molecule has 0 unspecified atom stereocenters. The van der Waals surface area contributed by atoms with Crippen molar-refractivity contribution in [2.45, 2.75) is 77.5 Å². The van der Waals surface area contributed by atoms with Crippen LogP contribution >= 0.6 is 0 Å². The van der Waals surface area contributed by atoms with Gasteiger partial charge >= 0.3 is 0 Å². The van der Waals surface area contributed by atoms with E-state index in [2.05, 4.69) is 20.8 Å². The number of hydrogen-bond donors (Lipinski definition) is 0. The summed E-state index contributed by atoms with van der Waals surface area (Å²) in [6.45, 7) is 6.99. The summed E-state index contributed by atoms with van der Waals surface area (Å²) in [5, 5.41) is 0.177. The molecule has 1 aliphatic carbocycles. The fourth-order valence-electron chi connectivity index (χ4n) is 3.12. The van der Waals surface area contributed by atoms with Crippen molar-refractivity contribution in [1.29, 1.82) is 0 Å². The largest absolute Gasteiger partial charge is 0.0746 e. The minimum absolute atomic E-state index is 0.177. The van der Waals surface area contributed by atoms with Crippen molar-refractivity contribution in [3.8, 4) is 0 Å². The van der Waals surface area contributed by atoms with E-state index in [0.29, 0.717) is 0 Å². The maximum Gasteiger partial charge on any atom is 0.0746 e. The Morgan fingerprint density at radius 1 is 1.20 bits per heavy atom. The van der Waals surface area contributed by atoms with E-state index < -0.39 is 0 Å². The zero-order chi connectivity index (χ0) is 11.3. The Labute approximate surface area is 97.6 Å². The lowest BCUT2D eigenvalue weighted by atomic mass is 9.59. The van der Waals surface area contributed by atoms with Crippen LogP contribution < -0.4 is 0 Å². The van der Waals surface area contributed by atoms with Crippen molar-refractivity contribution >= 4 is 7.85 Å². The van der Waals surface area contributed by atoms with Crippen LogP contribution in [0.15, 0.2) is 0 Å². The molecular formula is C14H27B. The molecule has 0 nitrogen and oxygen atoms in total. The highest BCUT2D eigenvalue weighted by molar-refractivity contribution is 6.15. The van der Waals surface area contributed by atoms with Crippen LogP contribution in [-0.2, 0) is 0 Å². The molecule has 2 radical (unpaired) electrons. The Balaban J connectivity index is 2.42. The van der Waals surface area contributed by atoms with Crippen LogP contribution in [0.1, 0.15) is 72.1 Å². The molecule has 0 bridgehead atoms. The van der Waals surface area contributed by atoms with Gasteiger partial charge in [-0.2, -0.15) is 0 Å². The molecule has 1 heteroatoms. The van der Waals surface area contributed by atoms with E-state index in [9.17, 15) is 0 Å². The summed E-state index contributed by atoms with van der Waals surface area (Å²) >= 11 is 0. The standard InChI is InChI=1S/C14H27B/c1-4-9-14(15)10-5-7-13(12(2)3)8-6-11-14/h12-13H,4-11H2,1-3H3. The topological polar surface area (TPSA) is 0 Å². The molecular weight excluding hydrogens is 179 g/mol. The predicted molar refractivity (Wildman–Crippen MR) is 69.4 cm³/mol. The maximum atomic E-state index is 6.46. The molecule has 86 valence electrons. The predicted octanol–water partition coefficient (Wildman–Crippen LogP) is 4.74. The van der Waals surface area contributed by atoms with Gasteiger partial charge in [-0.15, -0.1) is 0 Å². The van der Waals surface area contributed by atoms with E-state index in [4.69, 9.17) is 7.85 Å². The molecule has 1 rings (SSSR count). The summed E-state index contributed by atoms with van der Waals surface area (Å²) in [7, 11) is 6.46. The molecule has 0 aromatic rings. The van der Waals surface area contributed by atoms with Crippen LogP contribution in [0.4, 0.5) is 0 Å². The molecule has 0 N–H and O–H groups in total. The van der Waals surface area contributed by atoms with Gasteiger partial charge in [-0.3, -0.25) is 0 Å². The second-order valence-corrected chi connectivity index (χ2v) is 5.90. The van der Waals surface area contributed by atoms with Crippen LogP contribution in [0.2, 0.25) is 5.31 Å². The molecule has 0 amide bonds. The number of rotatable bonds is 3. The minimum Gasteiger partial charge on any atom is -0.0661 e. The van der Waals surface area contributed by atoms with Crippen molar-refractivity contribution in [2.24, 2.45) is 11.8 Å². The molecule has 0 saturated heterocycles. The average molecular weight is 206 g/mol. The smallest absolute Gasteiger partial charge is 0.0661 e. The SMILES string of the molecule is [B]C1(CCC)CCCC(C(C)C)CCC1.